The highest BCUT2D eigenvalue weighted by molar-refractivity contribution is 9.10. The van der Waals surface area contributed by atoms with E-state index < -0.39 is 54.8 Å². The van der Waals surface area contributed by atoms with Crippen LogP contribution in [0.4, 0.5) is 8.78 Å². The van der Waals surface area contributed by atoms with Gasteiger partial charge in [-0.25, -0.2) is 13.8 Å². The molecule has 0 saturated carbocycles. The zero-order valence-corrected chi connectivity index (χ0v) is 20.2. The highest BCUT2D eigenvalue weighted by Gasteiger charge is 2.52. The molecule has 2 heterocycles. The molecule has 2 N–H and O–H groups in total. The summed E-state index contributed by atoms with van der Waals surface area (Å²) in [6, 6.07) is 4.58. The Morgan fingerprint density at radius 3 is 2.72 bits per heavy atom. The monoisotopic (exact) mass is 512 g/mol. The van der Waals surface area contributed by atoms with E-state index in [1.54, 1.807) is 27.7 Å². The van der Waals surface area contributed by atoms with E-state index in [2.05, 4.69) is 36.4 Å². The number of hydrogen-bond donors (Lipinski definition) is 3. The van der Waals surface area contributed by atoms with Crippen molar-refractivity contribution < 1.29 is 17.5 Å². The minimum absolute atomic E-state index is 0.257. The summed E-state index contributed by atoms with van der Waals surface area (Å²) in [6.07, 6.45) is 1.01. The molecule has 1 aromatic rings. The molecule has 0 bridgehead atoms. The first-order valence-electron chi connectivity index (χ1n) is 9.16. The van der Waals surface area contributed by atoms with Crippen LogP contribution in [0, 0.1) is 17.1 Å². The van der Waals surface area contributed by atoms with Crippen LogP contribution in [0.1, 0.15) is 46.2 Å². The Labute approximate surface area is 183 Å². The topological polar surface area (TPSA) is 101 Å². The minimum Gasteiger partial charge on any atom is -0.598 e. The Kier molecular flexibility index (Phi) is 7.51. The lowest BCUT2D eigenvalue weighted by atomic mass is 9.99. The van der Waals surface area contributed by atoms with Crippen molar-refractivity contribution in [3.63, 3.8) is 0 Å². The van der Waals surface area contributed by atoms with Crippen LogP contribution in [0.25, 0.3) is 0 Å². The molecular weight excluding hydrogens is 486 g/mol. The van der Waals surface area contributed by atoms with Crippen LogP contribution in [0.15, 0.2) is 16.7 Å². The molecule has 0 amide bonds. The predicted molar refractivity (Wildman–Crippen MR) is 116 cm³/mol. The number of nitriles is 1. The highest BCUT2D eigenvalue weighted by atomic mass is 79.9. The van der Waals surface area contributed by atoms with Crippen LogP contribution in [-0.2, 0) is 27.0 Å². The standard InChI is InChI=1S/C18H27BrF2N4O2S2/c1-16(2,3)28(26)25-18(10-20,15-13(21)6-7-14(19)24-15)12-29(27)17(4,11-22)8-5-9-23-29/h6-7,25,29H,5,8-10,12H2,1-4H3,(H,23,27)/t17?,18-,28?/m0/s1. The molecular formula is C18H27BrF2N4O2S2. The van der Waals surface area contributed by atoms with Gasteiger partial charge in [-0.2, -0.15) is 5.26 Å². The maximum absolute atomic E-state index is 14.8. The molecule has 1 aliphatic rings. The summed E-state index contributed by atoms with van der Waals surface area (Å²) < 4.78 is 60.1. The molecule has 29 heavy (non-hydrogen) atoms. The second-order valence-electron chi connectivity index (χ2n) is 8.46. The van der Waals surface area contributed by atoms with E-state index in [4.69, 9.17) is 0 Å². The lowest BCUT2D eigenvalue weighted by Gasteiger charge is -2.46. The van der Waals surface area contributed by atoms with E-state index in [0.29, 0.717) is 19.4 Å². The molecule has 0 spiro atoms. The second kappa shape index (κ2) is 8.85. The first-order valence-corrected chi connectivity index (χ1v) is 13.0. The van der Waals surface area contributed by atoms with Gasteiger partial charge in [-0.15, -0.1) is 4.72 Å². The van der Waals surface area contributed by atoms with Crippen molar-refractivity contribution in [2.45, 2.75) is 55.6 Å². The smallest absolute Gasteiger partial charge is 0.147 e. The van der Waals surface area contributed by atoms with Crippen molar-refractivity contribution in [2.75, 3.05) is 19.0 Å². The molecule has 1 aromatic heterocycles. The minimum atomic E-state index is -3.55. The highest BCUT2D eigenvalue weighted by Crippen LogP contribution is 2.38. The summed E-state index contributed by atoms with van der Waals surface area (Å²) >= 11 is 1.34. The fraction of sp³-hybridized carbons (Fsp3) is 0.667. The molecule has 0 radical (unpaired) electrons. The average Bonchev–Trinajstić information content (AvgIpc) is 2.65. The van der Waals surface area contributed by atoms with Gasteiger partial charge in [0, 0.05) is 23.7 Å². The normalized spacial score (nSPS) is 26.2. The zero-order valence-electron chi connectivity index (χ0n) is 16.9. The van der Waals surface area contributed by atoms with Crippen molar-refractivity contribution >= 4 is 37.4 Å². The van der Waals surface area contributed by atoms with Gasteiger partial charge in [-0.3, -0.25) is 8.93 Å². The first kappa shape index (κ1) is 24.6. The van der Waals surface area contributed by atoms with Gasteiger partial charge in [-0.05, 0) is 78.7 Å². The Balaban J connectivity index is 2.65. The first-order chi connectivity index (χ1) is 13.3. The number of halogens is 3. The van der Waals surface area contributed by atoms with Crippen molar-refractivity contribution in [1.82, 2.24) is 14.4 Å². The van der Waals surface area contributed by atoms with Crippen molar-refractivity contribution in [2.24, 2.45) is 0 Å². The number of rotatable bonds is 6. The van der Waals surface area contributed by atoms with Gasteiger partial charge in [0.05, 0.1) is 6.07 Å². The van der Waals surface area contributed by atoms with E-state index in [1.165, 1.54) is 6.07 Å². The predicted octanol–water partition coefficient (Wildman–Crippen LogP) is 2.80. The molecule has 0 aromatic carbocycles. The Morgan fingerprint density at radius 1 is 1.52 bits per heavy atom. The van der Waals surface area contributed by atoms with Gasteiger partial charge < -0.3 is 4.55 Å². The second-order valence-corrected chi connectivity index (χ2v) is 14.3. The number of alkyl halides is 1. The van der Waals surface area contributed by atoms with E-state index in [9.17, 15) is 22.8 Å². The van der Waals surface area contributed by atoms with Gasteiger partial charge in [-0.1, -0.05) is 0 Å². The lowest BCUT2D eigenvalue weighted by molar-refractivity contribution is 0.290. The van der Waals surface area contributed by atoms with Gasteiger partial charge in [0.15, 0.2) is 0 Å². The van der Waals surface area contributed by atoms with Gasteiger partial charge >= 0.3 is 0 Å². The van der Waals surface area contributed by atoms with E-state index in [0.717, 1.165) is 6.07 Å². The van der Waals surface area contributed by atoms with Crippen LogP contribution in [0.2, 0.25) is 0 Å². The average molecular weight is 513 g/mol. The Bertz CT molecular complexity index is 848. The molecule has 2 unspecified atom stereocenters. The van der Waals surface area contributed by atoms with E-state index >= 15 is 0 Å². The molecule has 11 heteroatoms. The number of nitrogens with one attached hydrogen (secondary N) is 2. The molecule has 6 nitrogen and oxygen atoms in total. The zero-order chi connectivity index (χ0) is 22.1. The summed E-state index contributed by atoms with van der Waals surface area (Å²) in [5, 5.41) is 9.70. The van der Waals surface area contributed by atoms with Gasteiger partial charge in [0.2, 0.25) is 0 Å². The summed E-state index contributed by atoms with van der Waals surface area (Å²) in [7, 11) is -3.55. The molecule has 0 aliphatic carbocycles. The summed E-state index contributed by atoms with van der Waals surface area (Å²) in [5.41, 5.74) is -2.26. The third-order valence-electron chi connectivity index (χ3n) is 5.08. The third kappa shape index (κ3) is 4.99. The molecule has 1 aliphatic heterocycles. The fourth-order valence-corrected chi connectivity index (χ4v) is 7.55. The molecule has 3 atom stereocenters. The number of nitrogens with zero attached hydrogens (tertiary/aromatic N) is 2. The summed E-state index contributed by atoms with van der Waals surface area (Å²) in [4.78, 5) is 4.09. The van der Waals surface area contributed by atoms with Crippen LogP contribution in [0.3, 0.4) is 0 Å². The Morgan fingerprint density at radius 2 is 2.17 bits per heavy atom. The number of aromatic nitrogens is 1. The molecule has 1 saturated heterocycles. The fourth-order valence-electron chi connectivity index (χ4n) is 3.17. The number of pyridine rings is 1. The SMILES string of the molecule is CC(C)(C)[S+]([O-])N[C@@](CF)(C[SH]1(=O)NCCCC1(C)C#N)c1nc(Br)ccc1F. The van der Waals surface area contributed by atoms with Crippen molar-refractivity contribution in [1.29, 1.82) is 5.26 Å². The lowest BCUT2D eigenvalue weighted by Crippen LogP contribution is -2.64. The molecule has 1 fully saturated rings. The van der Waals surface area contributed by atoms with Crippen LogP contribution >= 0.6 is 15.9 Å². The largest absolute Gasteiger partial charge is 0.598 e. The number of thiol groups is 1. The van der Waals surface area contributed by atoms with Crippen LogP contribution < -0.4 is 9.44 Å². The van der Waals surface area contributed by atoms with E-state index in [1.807, 2.05) is 0 Å². The van der Waals surface area contributed by atoms with Crippen LogP contribution in [0.5, 0.6) is 0 Å². The summed E-state index contributed by atoms with van der Waals surface area (Å²) in [6.45, 7) is 5.81. The maximum Gasteiger partial charge on any atom is 0.147 e. The van der Waals surface area contributed by atoms with Crippen LogP contribution in [-0.4, -0.2) is 42.2 Å². The third-order valence-corrected chi connectivity index (χ3v) is 10.8. The summed E-state index contributed by atoms with van der Waals surface area (Å²) in [5.74, 6) is -1.26. The Hall–Kier alpha value is -0.640. The van der Waals surface area contributed by atoms with Gasteiger partial charge in [0.25, 0.3) is 0 Å². The molecule has 2 rings (SSSR count). The quantitative estimate of drug-likeness (QED) is 0.309. The number of hydrogen-bond acceptors (Lipinski definition) is 5. The van der Waals surface area contributed by atoms with Gasteiger partial charge in [0.1, 0.15) is 37.8 Å². The maximum atomic E-state index is 14.8. The van der Waals surface area contributed by atoms with Crippen molar-refractivity contribution in [3.05, 3.63) is 28.2 Å². The van der Waals surface area contributed by atoms with E-state index in [-0.39, 0.29) is 10.3 Å². The van der Waals surface area contributed by atoms with Crippen molar-refractivity contribution in [3.8, 4) is 6.07 Å². The molecule has 164 valence electrons.